The van der Waals surface area contributed by atoms with Gasteiger partial charge in [0.15, 0.2) is 0 Å². The number of quaternary nitrogens is 1. The monoisotopic (exact) mass is 579 g/mol. The van der Waals surface area contributed by atoms with Gasteiger partial charge in [0.1, 0.15) is 19.3 Å². The van der Waals surface area contributed by atoms with Gasteiger partial charge < -0.3 is 27.9 Å². The number of phosphoric acid groups is 1. The van der Waals surface area contributed by atoms with Gasteiger partial charge in [0.25, 0.3) is 7.82 Å². The van der Waals surface area contributed by atoms with E-state index in [4.69, 9.17) is 18.5 Å². The summed E-state index contributed by atoms with van der Waals surface area (Å²) in [7, 11) is 1.36. The van der Waals surface area contributed by atoms with Crippen molar-refractivity contribution in [1.29, 1.82) is 0 Å². The molecule has 0 aromatic heterocycles. The summed E-state index contributed by atoms with van der Waals surface area (Å²) >= 11 is 0. The highest BCUT2D eigenvalue weighted by Crippen LogP contribution is 2.38. The molecule has 9 heteroatoms. The van der Waals surface area contributed by atoms with Crippen LogP contribution in [0.5, 0.6) is 0 Å². The average molecular weight is 580 g/mol. The van der Waals surface area contributed by atoms with Crippen LogP contribution in [0.3, 0.4) is 0 Å². The first kappa shape index (κ1) is 38.5. The molecule has 0 rings (SSSR count). The molecule has 0 bridgehead atoms. The summed E-state index contributed by atoms with van der Waals surface area (Å²) in [6.45, 7) is 5.35. The minimum Gasteiger partial charge on any atom is -0.756 e. The summed E-state index contributed by atoms with van der Waals surface area (Å²) in [5.41, 5.74) is 0. The fraction of sp³-hybridized carbons (Fsp3) is 0.967. The van der Waals surface area contributed by atoms with E-state index in [2.05, 4.69) is 13.8 Å². The Labute approximate surface area is 240 Å². The molecule has 0 aliphatic rings. The Morgan fingerprint density at radius 1 is 0.692 bits per heavy atom. The van der Waals surface area contributed by atoms with E-state index < -0.39 is 13.9 Å². The fourth-order valence-corrected chi connectivity index (χ4v) is 4.86. The van der Waals surface area contributed by atoms with E-state index in [1.807, 2.05) is 21.1 Å². The second-order valence-corrected chi connectivity index (χ2v) is 13.2. The molecule has 0 saturated heterocycles. The van der Waals surface area contributed by atoms with Crippen molar-refractivity contribution in [2.45, 2.75) is 136 Å². The van der Waals surface area contributed by atoms with E-state index in [1.54, 1.807) is 0 Å². The zero-order valence-corrected chi connectivity index (χ0v) is 27.0. The van der Waals surface area contributed by atoms with Crippen LogP contribution in [0.4, 0.5) is 0 Å². The Hall–Kier alpha value is -0.500. The number of ether oxygens (including phenoxy) is 2. The molecule has 0 aromatic rings. The molecule has 0 radical (unpaired) electrons. The maximum Gasteiger partial charge on any atom is 0.306 e. The van der Waals surface area contributed by atoms with Gasteiger partial charge in [-0.05, 0) is 12.8 Å². The maximum atomic E-state index is 12.4. The van der Waals surface area contributed by atoms with Gasteiger partial charge in [-0.2, -0.15) is 0 Å². The van der Waals surface area contributed by atoms with Crippen LogP contribution in [0, 0.1) is 0 Å². The van der Waals surface area contributed by atoms with Gasteiger partial charge in [-0.3, -0.25) is 9.36 Å². The second kappa shape index (κ2) is 25.2. The molecule has 0 aliphatic carbocycles. The molecule has 2 unspecified atom stereocenters. The Morgan fingerprint density at radius 2 is 1.18 bits per heavy atom. The number of hydrogen-bond donors (Lipinski definition) is 0. The lowest BCUT2D eigenvalue weighted by atomic mass is 10.1. The van der Waals surface area contributed by atoms with Crippen LogP contribution in [0.15, 0.2) is 0 Å². The number of esters is 1. The number of carbonyl (C=O) groups excluding carboxylic acids is 1. The lowest BCUT2D eigenvalue weighted by molar-refractivity contribution is -0.870. The smallest absolute Gasteiger partial charge is 0.306 e. The lowest BCUT2D eigenvalue weighted by Gasteiger charge is -2.28. The zero-order chi connectivity index (χ0) is 29.2. The van der Waals surface area contributed by atoms with Gasteiger partial charge >= 0.3 is 5.97 Å². The van der Waals surface area contributed by atoms with Gasteiger partial charge in [-0.1, -0.05) is 110 Å². The third kappa shape index (κ3) is 28.8. The number of unbranched alkanes of at least 4 members (excludes halogenated alkanes) is 15. The van der Waals surface area contributed by atoms with Gasteiger partial charge in [-0.15, -0.1) is 0 Å². The lowest BCUT2D eigenvalue weighted by Crippen LogP contribution is -2.37. The molecule has 234 valence electrons. The van der Waals surface area contributed by atoms with Gasteiger partial charge in [0.05, 0.1) is 34.4 Å². The summed E-state index contributed by atoms with van der Waals surface area (Å²) in [4.78, 5) is 24.6. The summed E-state index contributed by atoms with van der Waals surface area (Å²) in [6, 6.07) is 0. The zero-order valence-electron chi connectivity index (χ0n) is 26.1. The molecule has 0 heterocycles. The molecular weight excluding hydrogens is 517 g/mol. The maximum absolute atomic E-state index is 12.4. The van der Waals surface area contributed by atoms with Crippen LogP contribution in [-0.4, -0.2) is 70.7 Å². The van der Waals surface area contributed by atoms with E-state index in [0.29, 0.717) is 24.1 Å². The van der Waals surface area contributed by atoms with Gasteiger partial charge in [-0.25, -0.2) is 0 Å². The Balaban J connectivity index is 4.35. The van der Waals surface area contributed by atoms with E-state index in [-0.39, 0.29) is 25.8 Å². The second-order valence-electron chi connectivity index (χ2n) is 11.8. The van der Waals surface area contributed by atoms with Crippen molar-refractivity contribution < 1.29 is 37.3 Å². The third-order valence-corrected chi connectivity index (χ3v) is 7.62. The normalized spacial score (nSPS) is 14.3. The van der Waals surface area contributed by atoms with Crippen LogP contribution in [0.2, 0.25) is 0 Å². The highest BCUT2D eigenvalue weighted by Gasteiger charge is 2.20. The van der Waals surface area contributed by atoms with Crippen molar-refractivity contribution in [2.24, 2.45) is 0 Å². The SMILES string of the molecule is CCCCCCCCCCCCOCC(COP(=O)([O-])OCC[N+](C)(C)C)OC(=O)CCCCCCCCC. The minimum atomic E-state index is -4.49. The van der Waals surface area contributed by atoms with Crippen molar-refractivity contribution in [2.75, 3.05) is 54.1 Å². The Kier molecular flexibility index (Phi) is 24.9. The molecule has 0 fully saturated rings. The third-order valence-electron chi connectivity index (χ3n) is 6.66. The topological polar surface area (TPSA) is 94.1 Å². The number of likely N-dealkylation sites (N-methyl/N-ethyl adjacent to an activating group) is 1. The van der Waals surface area contributed by atoms with Crippen LogP contribution >= 0.6 is 7.82 Å². The molecular formula is C30H62NO7P. The average Bonchev–Trinajstić information content (AvgIpc) is 2.86. The molecule has 0 aliphatic heterocycles. The van der Waals surface area contributed by atoms with E-state index in [1.165, 1.54) is 77.0 Å². The first-order chi connectivity index (χ1) is 18.6. The predicted molar refractivity (Wildman–Crippen MR) is 158 cm³/mol. The van der Waals surface area contributed by atoms with Crippen molar-refractivity contribution in [1.82, 2.24) is 0 Å². The number of rotatable bonds is 29. The number of carbonyl (C=O) groups is 1. The summed E-state index contributed by atoms with van der Waals surface area (Å²) in [6.07, 6.45) is 19.7. The van der Waals surface area contributed by atoms with E-state index >= 15 is 0 Å². The molecule has 0 spiro atoms. The van der Waals surface area contributed by atoms with Crippen LogP contribution in [-0.2, 0) is 27.9 Å². The number of nitrogens with zero attached hydrogens (tertiary/aromatic N) is 1. The number of phosphoric ester groups is 1. The highest BCUT2D eigenvalue weighted by molar-refractivity contribution is 7.45. The van der Waals surface area contributed by atoms with Crippen molar-refractivity contribution in [3.8, 4) is 0 Å². The first-order valence-electron chi connectivity index (χ1n) is 15.8. The predicted octanol–water partition coefficient (Wildman–Crippen LogP) is 7.18. The van der Waals surface area contributed by atoms with E-state index in [0.717, 1.165) is 32.1 Å². The minimum absolute atomic E-state index is 0.0300. The molecule has 8 nitrogen and oxygen atoms in total. The molecule has 0 amide bonds. The first-order valence-corrected chi connectivity index (χ1v) is 17.2. The molecule has 0 saturated carbocycles. The fourth-order valence-electron chi connectivity index (χ4n) is 4.13. The van der Waals surface area contributed by atoms with Crippen LogP contribution in [0.1, 0.15) is 129 Å². The molecule has 0 aromatic carbocycles. The summed E-state index contributed by atoms with van der Waals surface area (Å²) in [5, 5.41) is 0. The standard InChI is InChI=1S/C30H62NO7P/c1-6-8-10-12-14-15-16-18-20-22-25-35-27-29(28-37-39(33,34)36-26-24-31(3,4)5)38-30(32)23-21-19-17-13-11-9-7-2/h29H,6-28H2,1-5H3. The highest BCUT2D eigenvalue weighted by atomic mass is 31.2. The van der Waals surface area contributed by atoms with E-state index in [9.17, 15) is 14.3 Å². The van der Waals surface area contributed by atoms with Gasteiger partial charge in [0.2, 0.25) is 0 Å². The quantitative estimate of drug-likeness (QED) is 0.0401. The van der Waals surface area contributed by atoms with Crippen molar-refractivity contribution in [3.63, 3.8) is 0 Å². The summed E-state index contributed by atoms with van der Waals surface area (Å²) < 4.78 is 34.1. The van der Waals surface area contributed by atoms with Crippen molar-refractivity contribution in [3.05, 3.63) is 0 Å². The number of hydrogen-bond acceptors (Lipinski definition) is 7. The van der Waals surface area contributed by atoms with Crippen LogP contribution in [0.25, 0.3) is 0 Å². The Morgan fingerprint density at radius 3 is 1.69 bits per heavy atom. The molecule has 2 atom stereocenters. The Bertz CT molecular complexity index is 613. The molecule has 39 heavy (non-hydrogen) atoms. The summed E-state index contributed by atoms with van der Waals surface area (Å²) in [5.74, 6) is -0.341. The van der Waals surface area contributed by atoms with Gasteiger partial charge in [0, 0.05) is 13.0 Å². The molecule has 0 N–H and O–H groups in total. The largest absolute Gasteiger partial charge is 0.756 e. The van der Waals surface area contributed by atoms with Crippen LogP contribution < -0.4 is 4.89 Å². The van der Waals surface area contributed by atoms with Crippen molar-refractivity contribution >= 4 is 13.8 Å².